The Bertz CT molecular complexity index is 239. The van der Waals surface area contributed by atoms with E-state index in [1.165, 1.54) is 0 Å². The van der Waals surface area contributed by atoms with E-state index in [2.05, 4.69) is 27.4 Å². The first-order valence-corrected chi connectivity index (χ1v) is 9.00. The van der Waals surface area contributed by atoms with Crippen LogP contribution >= 0.6 is 0 Å². The molecule has 17 heavy (non-hydrogen) atoms. The number of carbonyl (C=O) groups excluding carboxylic acids is 1. The standard InChI is InChI=1S/C13H26O3Si/c1-6-17(7-2,8-3)16-11-9-10-15-13(14)12(4)5/h4,6-11H2,1-3,5H3. The van der Waals surface area contributed by atoms with Gasteiger partial charge in [0.25, 0.3) is 0 Å². The summed E-state index contributed by atoms with van der Waals surface area (Å²) in [4.78, 5) is 11.1. The monoisotopic (exact) mass is 258 g/mol. The Balaban J connectivity index is 3.76. The molecule has 0 aromatic rings. The van der Waals surface area contributed by atoms with Gasteiger partial charge in [-0.05, 0) is 25.1 Å². The van der Waals surface area contributed by atoms with Gasteiger partial charge in [-0.25, -0.2) is 4.79 Å². The van der Waals surface area contributed by atoms with Gasteiger partial charge in [-0.1, -0.05) is 27.4 Å². The van der Waals surface area contributed by atoms with Gasteiger partial charge in [0.2, 0.25) is 0 Å². The van der Waals surface area contributed by atoms with Crippen molar-refractivity contribution >= 4 is 14.3 Å². The molecule has 0 rings (SSSR count). The highest BCUT2D eigenvalue weighted by atomic mass is 28.4. The van der Waals surface area contributed by atoms with Crippen LogP contribution < -0.4 is 0 Å². The second-order valence-electron chi connectivity index (χ2n) is 4.36. The summed E-state index contributed by atoms with van der Waals surface area (Å²) < 4.78 is 11.1. The molecule has 0 aromatic carbocycles. The second-order valence-corrected chi connectivity index (χ2v) is 9.14. The molecule has 0 saturated heterocycles. The van der Waals surface area contributed by atoms with Gasteiger partial charge in [0.05, 0.1) is 6.61 Å². The quantitative estimate of drug-likeness (QED) is 0.275. The number of hydrogen-bond donors (Lipinski definition) is 0. The van der Waals surface area contributed by atoms with Crippen LogP contribution in [-0.4, -0.2) is 27.5 Å². The lowest BCUT2D eigenvalue weighted by atomic mass is 10.4. The molecule has 0 aliphatic heterocycles. The number of rotatable bonds is 9. The van der Waals surface area contributed by atoms with Crippen molar-refractivity contribution in [3.05, 3.63) is 12.2 Å². The zero-order valence-electron chi connectivity index (χ0n) is 11.7. The molecular formula is C13H26O3Si. The average molecular weight is 258 g/mol. The SMILES string of the molecule is C=C(C)C(=O)OCCCO[Si](CC)(CC)CC. The summed E-state index contributed by atoms with van der Waals surface area (Å²) in [6, 6.07) is 3.47. The lowest BCUT2D eigenvalue weighted by Gasteiger charge is -2.27. The highest BCUT2D eigenvalue weighted by Crippen LogP contribution is 2.21. The van der Waals surface area contributed by atoms with E-state index in [-0.39, 0.29) is 5.97 Å². The summed E-state index contributed by atoms with van der Waals surface area (Å²) in [5.41, 5.74) is 0.449. The number of hydrogen-bond acceptors (Lipinski definition) is 3. The molecule has 100 valence electrons. The van der Waals surface area contributed by atoms with E-state index in [4.69, 9.17) is 9.16 Å². The summed E-state index contributed by atoms with van der Waals surface area (Å²) in [6.07, 6.45) is 0.772. The van der Waals surface area contributed by atoms with Crippen LogP contribution in [-0.2, 0) is 14.0 Å². The highest BCUT2D eigenvalue weighted by molar-refractivity contribution is 6.73. The normalized spacial score (nSPS) is 11.3. The van der Waals surface area contributed by atoms with E-state index in [1.807, 2.05) is 0 Å². The van der Waals surface area contributed by atoms with Crippen LogP contribution in [0.4, 0.5) is 0 Å². The smallest absolute Gasteiger partial charge is 0.333 e. The van der Waals surface area contributed by atoms with E-state index < -0.39 is 8.32 Å². The molecule has 0 aliphatic rings. The Kier molecular flexibility index (Phi) is 8.17. The van der Waals surface area contributed by atoms with Crippen molar-refractivity contribution in [1.29, 1.82) is 0 Å². The molecule has 0 N–H and O–H groups in total. The second kappa shape index (κ2) is 8.47. The Morgan fingerprint density at radius 2 is 1.65 bits per heavy atom. The van der Waals surface area contributed by atoms with Gasteiger partial charge >= 0.3 is 5.97 Å². The summed E-state index contributed by atoms with van der Waals surface area (Å²) in [7, 11) is -1.47. The van der Waals surface area contributed by atoms with Crippen molar-refractivity contribution in [3.63, 3.8) is 0 Å². The first-order valence-electron chi connectivity index (χ1n) is 6.48. The first kappa shape index (κ1) is 16.4. The lowest BCUT2D eigenvalue weighted by molar-refractivity contribution is -0.139. The molecule has 0 bridgehead atoms. The largest absolute Gasteiger partial charge is 0.462 e. The maximum absolute atomic E-state index is 11.1. The Morgan fingerprint density at radius 3 is 2.06 bits per heavy atom. The summed E-state index contributed by atoms with van der Waals surface area (Å²) in [5, 5.41) is 0. The molecule has 0 amide bonds. The van der Waals surface area contributed by atoms with Crippen molar-refractivity contribution in [2.75, 3.05) is 13.2 Å². The fourth-order valence-electron chi connectivity index (χ4n) is 1.69. The van der Waals surface area contributed by atoms with Gasteiger partial charge in [0.15, 0.2) is 8.32 Å². The third-order valence-electron chi connectivity index (χ3n) is 3.21. The fraction of sp³-hybridized carbons (Fsp3) is 0.769. The van der Waals surface area contributed by atoms with Crippen molar-refractivity contribution in [1.82, 2.24) is 0 Å². The molecule has 0 saturated carbocycles. The maximum Gasteiger partial charge on any atom is 0.333 e. The molecule has 0 aliphatic carbocycles. The lowest BCUT2D eigenvalue weighted by Crippen LogP contribution is -2.36. The minimum absolute atomic E-state index is 0.310. The topological polar surface area (TPSA) is 35.5 Å². The van der Waals surface area contributed by atoms with Gasteiger partial charge in [0, 0.05) is 18.6 Å². The molecule has 0 radical (unpaired) electrons. The van der Waals surface area contributed by atoms with E-state index in [0.717, 1.165) is 24.6 Å². The van der Waals surface area contributed by atoms with Crippen molar-refractivity contribution in [2.24, 2.45) is 0 Å². The molecule has 0 heterocycles. The molecule has 4 heteroatoms. The predicted molar refractivity (Wildman–Crippen MR) is 73.5 cm³/mol. The summed E-state index contributed by atoms with van der Waals surface area (Å²) in [6.45, 7) is 12.9. The molecular weight excluding hydrogens is 232 g/mol. The van der Waals surface area contributed by atoms with Crippen LogP contribution in [0.1, 0.15) is 34.1 Å². The average Bonchev–Trinajstić information content (AvgIpc) is 2.34. The van der Waals surface area contributed by atoms with E-state index in [9.17, 15) is 4.79 Å². The molecule has 3 nitrogen and oxygen atoms in total. The van der Waals surface area contributed by atoms with Gasteiger partial charge in [-0.15, -0.1) is 0 Å². The number of ether oxygens (including phenoxy) is 1. The third kappa shape index (κ3) is 6.03. The Morgan fingerprint density at radius 1 is 1.12 bits per heavy atom. The minimum Gasteiger partial charge on any atom is -0.462 e. The van der Waals surface area contributed by atoms with E-state index in [1.54, 1.807) is 6.92 Å². The molecule has 0 unspecified atom stereocenters. The first-order chi connectivity index (χ1) is 8.01. The minimum atomic E-state index is -1.47. The third-order valence-corrected chi connectivity index (χ3v) is 7.89. The molecule has 0 fully saturated rings. The molecule has 0 spiro atoms. The molecule has 0 aromatic heterocycles. The van der Waals surface area contributed by atoms with Crippen molar-refractivity contribution in [3.8, 4) is 0 Å². The van der Waals surface area contributed by atoms with Crippen LogP contribution in [0, 0.1) is 0 Å². The Hall–Kier alpha value is -0.613. The number of esters is 1. The maximum atomic E-state index is 11.1. The van der Waals surface area contributed by atoms with Crippen LogP contribution in [0.2, 0.25) is 18.1 Å². The van der Waals surface area contributed by atoms with Crippen LogP contribution in [0.15, 0.2) is 12.2 Å². The van der Waals surface area contributed by atoms with Gasteiger partial charge in [-0.2, -0.15) is 0 Å². The van der Waals surface area contributed by atoms with Crippen LogP contribution in [0.25, 0.3) is 0 Å². The zero-order chi connectivity index (χ0) is 13.3. The van der Waals surface area contributed by atoms with Crippen molar-refractivity contribution < 1.29 is 14.0 Å². The van der Waals surface area contributed by atoms with Crippen LogP contribution in [0.5, 0.6) is 0 Å². The van der Waals surface area contributed by atoms with Gasteiger partial charge in [-0.3, -0.25) is 0 Å². The highest BCUT2D eigenvalue weighted by Gasteiger charge is 2.28. The predicted octanol–water partition coefficient (Wildman–Crippen LogP) is 3.52. The summed E-state index contributed by atoms with van der Waals surface area (Å²) >= 11 is 0. The molecule has 0 atom stereocenters. The van der Waals surface area contributed by atoms with E-state index in [0.29, 0.717) is 18.8 Å². The van der Waals surface area contributed by atoms with Crippen molar-refractivity contribution in [2.45, 2.75) is 52.2 Å². The van der Waals surface area contributed by atoms with Crippen LogP contribution in [0.3, 0.4) is 0 Å². The summed E-state index contributed by atoms with van der Waals surface area (Å²) in [5.74, 6) is -0.310. The Labute approximate surface area is 106 Å². The van der Waals surface area contributed by atoms with Gasteiger partial charge in [0.1, 0.15) is 0 Å². The van der Waals surface area contributed by atoms with Gasteiger partial charge < -0.3 is 9.16 Å². The fourth-order valence-corrected chi connectivity index (χ4v) is 4.38. The number of carbonyl (C=O) groups is 1. The zero-order valence-corrected chi connectivity index (χ0v) is 12.7. The van der Waals surface area contributed by atoms with E-state index >= 15 is 0 Å².